The quantitative estimate of drug-likeness (QED) is 0.579. The third kappa shape index (κ3) is 3.04. The van der Waals surface area contributed by atoms with Crippen LogP contribution >= 0.6 is 12.4 Å². The highest BCUT2D eigenvalue weighted by molar-refractivity contribution is 5.85. The molecule has 19 heavy (non-hydrogen) atoms. The smallest absolute Gasteiger partial charge is 0.0184 e. The SMILES string of the molecule is Cl.c1ccc(-c2ccc(-c3ccccc3)cc2)cc1. The van der Waals surface area contributed by atoms with Gasteiger partial charge >= 0.3 is 0 Å². The summed E-state index contributed by atoms with van der Waals surface area (Å²) in [7, 11) is 0. The Bertz CT molecular complexity index is 554. The van der Waals surface area contributed by atoms with E-state index >= 15 is 0 Å². The lowest BCUT2D eigenvalue weighted by molar-refractivity contribution is 1.59. The maximum Gasteiger partial charge on any atom is -0.0184 e. The second-order valence-corrected chi connectivity index (χ2v) is 4.31. The molecule has 94 valence electrons. The van der Waals surface area contributed by atoms with Gasteiger partial charge in [0.15, 0.2) is 0 Å². The third-order valence-corrected chi connectivity index (χ3v) is 3.10. The molecule has 0 atom stereocenters. The molecule has 0 bridgehead atoms. The summed E-state index contributed by atoms with van der Waals surface area (Å²) >= 11 is 0. The van der Waals surface area contributed by atoms with Crippen molar-refractivity contribution in [2.45, 2.75) is 0 Å². The Morgan fingerprint density at radius 1 is 0.316 bits per heavy atom. The van der Waals surface area contributed by atoms with Gasteiger partial charge in [-0.25, -0.2) is 0 Å². The largest absolute Gasteiger partial charge is 0.147 e. The van der Waals surface area contributed by atoms with Crippen LogP contribution in [0.15, 0.2) is 84.9 Å². The molecule has 0 aliphatic heterocycles. The summed E-state index contributed by atoms with van der Waals surface area (Å²) < 4.78 is 0. The lowest BCUT2D eigenvalue weighted by Crippen LogP contribution is -1.79. The van der Waals surface area contributed by atoms with E-state index in [0.717, 1.165) is 0 Å². The van der Waals surface area contributed by atoms with E-state index in [4.69, 9.17) is 0 Å². The van der Waals surface area contributed by atoms with E-state index in [-0.39, 0.29) is 12.4 Å². The highest BCUT2D eigenvalue weighted by Crippen LogP contribution is 2.24. The van der Waals surface area contributed by atoms with Gasteiger partial charge in [0, 0.05) is 0 Å². The second kappa shape index (κ2) is 6.21. The van der Waals surface area contributed by atoms with Crippen molar-refractivity contribution in [3.8, 4) is 22.3 Å². The van der Waals surface area contributed by atoms with Crippen molar-refractivity contribution in [1.29, 1.82) is 0 Å². The van der Waals surface area contributed by atoms with E-state index in [0.29, 0.717) is 0 Å². The summed E-state index contributed by atoms with van der Waals surface area (Å²) in [6, 6.07) is 29.6. The van der Waals surface area contributed by atoms with Crippen LogP contribution in [0.4, 0.5) is 0 Å². The Balaban J connectivity index is 0.00000133. The maximum absolute atomic E-state index is 2.18. The van der Waals surface area contributed by atoms with E-state index in [1.165, 1.54) is 22.3 Å². The fraction of sp³-hybridized carbons (Fsp3) is 0. The molecule has 0 nitrogen and oxygen atoms in total. The zero-order valence-electron chi connectivity index (χ0n) is 10.5. The molecular formula is C18H15Cl. The molecule has 0 unspecified atom stereocenters. The molecule has 0 heterocycles. The van der Waals surface area contributed by atoms with Crippen molar-refractivity contribution < 1.29 is 0 Å². The van der Waals surface area contributed by atoms with Crippen LogP contribution in [0.2, 0.25) is 0 Å². The Kier molecular flexibility index (Phi) is 4.38. The first kappa shape index (κ1) is 13.4. The average Bonchev–Trinajstić information content (AvgIpc) is 2.49. The van der Waals surface area contributed by atoms with E-state index < -0.39 is 0 Å². The molecule has 3 aromatic carbocycles. The number of rotatable bonds is 2. The van der Waals surface area contributed by atoms with Crippen LogP contribution in [0.1, 0.15) is 0 Å². The van der Waals surface area contributed by atoms with Gasteiger partial charge in [-0.3, -0.25) is 0 Å². The molecule has 3 rings (SSSR count). The van der Waals surface area contributed by atoms with Gasteiger partial charge in [-0.2, -0.15) is 0 Å². The van der Waals surface area contributed by atoms with E-state index in [1.807, 2.05) is 12.1 Å². The molecule has 1 heteroatoms. The summed E-state index contributed by atoms with van der Waals surface area (Å²) in [5, 5.41) is 0. The molecule has 0 N–H and O–H groups in total. The average molecular weight is 267 g/mol. The summed E-state index contributed by atoms with van der Waals surface area (Å²) in [6.45, 7) is 0. The van der Waals surface area contributed by atoms with Crippen molar-refractivity contribution in [2.75, 3.05) is 0 Å². The van der Waals surface area contributed by atoms with Gasteiger partial charge in [-0.15, -0.1) is 12.4 Å². The lowest BCUT2D eigenvalue weighted by Gasteiger charge is -2.04. The zero-order valence-corrected chi connectivity index (χ0v) is 11.3. The first-order chi connectivity index (χ1) is 8.93. The van der Waals surface area contributed by atoms with Crippen LogP contribution in [0, 0.1) is 0 Å². The van der Waals surface area contributed by atoms with Crippen LogP contribution in [0.25, 0.3) is 22.3 Å². The fourth-order valence-electron chi connectivity index (χ4n) is 2.12. The lowest BCUT2D eigenvalue weighted by atomic mass is 10.0. The van der Waals surface area contributed by atoms with E-state index in [2.05, 4.69) is 72.8 Å². The van der Waals surface area contributed by atoms with Gasteiger partial charge in [0.2, 0.25) is 0 Å². The predicted octanol–water partition coefficient (Wildman–Crippen LogP) is 5.44. The molecule has 0 aliphatic rings. The van der Waals surface area contributed by atoms with E-state index in [1.54, 1.807) is 0 Å². The minimum atomic E-state index is 0. The van der Waals surface area contributed by atoms with Crippen LogP contribution < -0.4 is 0 Å². The Labute approximate surface area is 120 Å². The molecule has 0 fully saturated rings. The normalized spacial score (nSPS) is 9.68. The monoisotopic (exact) mass is 266 g/mol. The topological polar surface area (TPSA) is 0 Å². The van der Waals surface area contributed by atoms with Gasteiger partial charge in [0.1, 0.15) is 0 Å². The number of benzene rings is 3. The molecule has 0 aliphatic carbocycles. The van der Waals surface area contributed by atoms with Gasteiger partial charge in [0.05, 0.1) is 0 Å². The highest BCUT2D eigenvalue weighted by atomic mass is 35.5. The summed E-state index contributed by atoms with van der Waals surface area (Å²) in [4.78, 5) is 0. The Hall–Kier alpha value is -2.05. The Morgan fingerprint density at radius 3 is 0.895 bits per heavy atom. The van der Waals surface area contributed by atoms with Crippen molar-refractivity contribution in [2.24, 2.45) is 0 Å². The van der Waals surface area contributed by atoms with Gasteiger partial charge in [0.25, 0.3) is 0 Å². The summed E-state index contributed by atoms with van der Waals surface area (Å²) in [5.41, 5.74) is 5.04. The molecule has 0 aromatic heterocycles. The fourth-order valence-corrected chi connectivity index (χ4v) is 2.12. The van der Waals surface area contributed by atoms with Crippen LogP contribution in [0.3, 0.4) is 0 Å². The minimum Gasteiger partial charge on any atom is -0.147 e. The zero-order chi connectivity index (χ0) is 12.2. The minimum absolute atomic E-state index is 0. The molecule has 3 aromatic rings. The van der Waals surface area contributed by atoms with Gasteiger partial charge in [-0.05, 0) is 22.3 Å². The van der Waals surface area contributed by atoms with Crippen molar-refractivity contribution in [3.63, 3.8) is 0 Å². The molecule has 0 saturated carbocycles. The first-order valence-electron chi connectivity index (χ1n) is 6.14. The van der Waals surface area contributed by atoms with Gasteiger partial charge in [-0.1, -0.05) is 84.9 Å². The molecule has 0 spiro atoms. The standard InChI is InChI=1S/C18H14.ClH/c1-3-7-15(8-4-1)17-11-13-18(14-12-17)16-9-5-2-6-10-16;/h1-14H;1H. The van der Waals surface area contributed by atoms with Crippen molar-refractivity contribution in [1.82, 2.24) is 0 Å². The number of hydrogen-bond acceptors (Lipinski definition) is 0. The molecular weight excluding hydrogens is 252 g/mol. The molecule has 0 saturated heterocycles. The summed E-state index contributed by atoms with van der Waals surface area (Å²) in [5.74, 6) is 0. The van der Waals surface area contributed by atoms with Crippen molar-refractivity contribution >= 4 is 12.4 Å². The predicted molar refractivity (Wildman–Crippen MR) is 84.6 cm³/mol. The second-order valence-electron chi connectivity index (χ2n) is 4.31. The van der Waals surface area contributed by atoms with Crippen LogP contribution in [0.5, 0.6) is 0 Å². The maximum atomic E-state index is 2.18. The Morgan fingerprint density at radius 2 is 0.579 bits per heavy atom. The highest BCUT2D eigenvalue weighted by Gasteiger charge is 1.98. The van der Waals surface area contributed by atoms with E-state index in [9.17, 15) is 0 Å². The number of hydrogen-bond donors (Lipinski definition) is 0. The summed E-state index contributed by atoms with van der Waals surface area (Å²) in [6.07, 6.45) is 0. The first-order valence-corrected chi connectivity index (χ1v) is 6.14. The van der Waals surface area contributed by atoms with Crippen LogP contribution in [-0.2, 0) is 0 Å². The van der Waals surface area contributed by atoms with Gasteiger partial charge < -0.3 is 0 Å². The molecule has 0 radical (unpaired) electrons. The third-order valence-electron chi connectivity index (χ3n) is 3.10. The van der Waals surface area contributed by atoms with Crippen LogP contribution in [-0.4, -0.2) is 0 Å². The number of halogens is 1. The molecule has 0 amide bonds. The van der Waals surface area contributed by atoms with Crippen molar-refractivity contribution in [3.05, 3.63) is 84.9 Å².